The SMILES string of the molecule is NC(=O)C1CCCN(c2c(F)cccc2C(F)(F)F)C1. The molecule has 0 saturated carbocycles. The van der Waals surface area contributed by atoms with Crippen molar-refractivity contribution in [3.8, 4) is 0 Å². The summed E-state index contributed by atoms with van der Waals surface area (Å²) in [6.07, 6.45) is -3.63. The van der Waals surface area contributed by atoms with Gasteiger partial charge in [0.2, 0.25) is 5.91 Å². The smallest absolute Gasteiger partial charge is 0.369 e. The molecular weight excluding hydrogens is 276 g/mol. The number of primary amides is 1. The van der Waals surface area contributed by atoms with E-state index >= 15 is 0 Å². The van der Waals surface area contributed by atoms with Crippen molar-refractivity contribution in [2.45, 2.75) is 19.0 Å². The molecule has 7 heteroatoms. The van der Waals surface area contributed by atoms with Crippen LogP contribution in [0.3, 0.4) is 0 Å². The zero-order valence-electron chi connectivity index (χ0n) is 10.6. The van der Waals surface area contributed by atoms with Gasteiger partial charge in [-0.2, -0.15) is 13.2 Å². The maximum atomic E-state index is 13.8. The Labute approximate surface area is 113 Å². The fourth-order valence-electron chi connectivity index (χ4n) is 2.48. The summed E-state index contributed by atoms with van der Waals surface area (Å²) in [6.45, 7) is 0.285. The quantitative estimate of drug-likeness (QED) is 0.851. The van der Waals surface area contributed by atoms with Gasteiger partial charge in [-0.1, -0.05) is 6.07 Å². The summed E-state index contributed by atoms with van der Waals surface area (Å²) in [6, 6.07) is 2.85. The van der Waals surface area contributed by atoms with Crippen molar-refractivity contribution < 1.29 is 22.4 Å². The van der Waals surface area contributed by atoms with Crippen LogP contribution in [-0.4, -0.2) is 19.0 Å². The molecule has 0 spiro atoms. The van der Waals surface area contributed by atoms with Crippen LogP contribution in [0.5, 0.6) is 0 Å². The van der Waals surface area contributed by atoms with Crippen LogP contribution < -0.4 is 10.6 Å². The van der Waals surface area contributed by atoms with E-state index in [1.54, 1.807) is 0 Å². The predicted octanol–water partition coefficient (Wildman–Crippen LogP) is 2.55. The van der Waals surface area contributed by atoms with E-state index in [1.807, 2.05) is 0 Å². The van der Waals surface area contributed by atoms with E-state index in [9.17, 15) is 22.4 Å². The first-order chi connectivity index (χ1) is 9.30. The topological polar surface area (TPSA) is 46.3 Å². The molecule has 0 bridgehead atoms. The second kappa shape index (κ2) is 5.30. The Hall–Kier alpha value is -1.79. The highest BCUT2D eigenvalue weighted by Gasteiger charge is 2.37. The molecule has 2 N–H and O–H groups in total. The van der Waals surface area contributed by atoms with E-state index in [0.717, 1.165) is 18.2 Å². The summed E-state index contributed by atoms with van der Waals surface area (Å²) in [5.74, 6) is -2.06. The van der Waals surface area contributed by atoms with Crippen LogP contribution in [0.15, 0.2) is 18.2 Å². The molecule has 1 unspecified atom stereocenters. The van der Waals surface area contributed by atoms with E-state index in [-0.39, 0.29) is 13.1 Å². The Bertz CT molecular complexity index is 516. The highest BCUT2D eigenvalue weighted by atomic mass is 19.4. The van der Waals surface area contributed by atoms with Gasteiger partial charge < -0.3 is 10.6 Å². The van der Waals surface area contributed by atoms with Crippen molar-refractivity contribution >= 4 is 11.6 Å². The monoisotopic (exact) mass is 290 g/mol. The van der Waals surface area contributed by atoms with Crippen molar-refractivity contribution in [2.75, 3.05) is 18.0 Å². The average molecular weight is 290 g/mol. The highest BCUT2D eigenvalue weighted by molar-refractivity contribution is 5.77. The molecule has 1 fully saturated rings. The standard InChI is InChI=1S/C13H14F4N2O/c14-10-5-1-4-9(13(15,16)17)11(10)19-6-2-3-8(7-19)12(18)20/h1,4-5,8H,2-3,6-7H2,(H2,18,20). The van der Waals surface area contributed by atoms with Crippen molar-refractivity contribution in [3.05, 3.63) is 29.6 Å². The van der Waals surface area contributed by atoms with Crippen LogP contribution in [0.2, 0.25) is 0 Å². The van der Waals surface area contributed by atoms with E-state index in [4.69, 9.17) is 5.73 Å². The molecule has 1 amide bonds. The van der Waals surface area contributed by atoms with Crippen molar-refractivity contribution in [3.63, 3.8) is 0 Å². The van der Waals surface area contributed by atoms with Crippen LogP contribution in [0, 0.1) is 11.7 Å². The molecule has 0 aliphatic carbocycles. The van der Waals surface area contributed by atoms with Crippen LogP contribution >= 0.6 is 0 Å². The largest absolute Gasteiger partial charge is 0.418 e. The lowest BCUT2D eigenvalue weighted by atomic mass is 9.96. The maximum Gasteiger partial charge on any atom is 0.418 e. The number of alkyl halides is 3. The fraction of sp³-hybridized carbons (Fsp3) is 0.462. The summed E-state index contributed by atoms with van der Waals surface area (Å²) in [5.41, 5.74) is 3.67. The minimum Gasteiger partial charge on any atom is -0.369 e. The molecule has 1 aliphatic heterocycles. The molecule has 2 rings (SSSR count). The Morgan fingerprint density at radius 2 is 2.05 bits per heavy atom. The lowest BCUT2D eigenvalue weighted by Gasteiger charge is -2.34. The van der Waals surface area contributed by atoms with Crippen LogP contribution in [0.25, 0.3) is 0 Å². The predicted molar refractivity (Wildman–Crippen MR) is 65.5 cm³/mol. The summed E-state index contributed by atoms with van der Waals surface area (Å²) < 4.78 is 52.7. The molecule has 1 saturated heterocycles. The molecule has 3 nitrogen and oxygen atoms in total. The number of anilines is 1. The zero-order chi connectivity index (χ0) is 14.9. The number of halogens is 4. The van der Waals surface area contributed by atoms with E-state index in [1.165, 1.54) is 4.90 Å². The minimum absolute atomic E-state index is 0.0132. The summed E-state index contributed by atoms with van der Waals surface area (Å²) in [4.78, 5) is 12.4. The van der Waals surface area contributed by atoms with Gasteiger partial charge in [0.05, 0.1) is 17.2 Å². The number of hydrogen-bond donors (Lipinski definition) is 1. The summed E-state index contributed by atoms with van der Waals surface area (Å²) >= 11 is 0. The normalized spacial score (nSPS) is 20.0. The molecule has 1 aliphatic rings. The van der Waals surface area contributed by atoms with E-state index < -0.39 is 35.1 Å². The number of para-hydroxylation sites is 1. The number of nitrogens with zero attached hydrogens (tertiary/aromatic N) is 1. The Morgan fingerprint density at radius 1 is 1.35 bits per heavy atom. The van der Waals surface area contributed by atoms with Gasteiger partial charge in [0, 0.05) is 13.1 Å². The van der Waals surface area contributed by atoms with Crippen LogP contribution in [0.4, 0.5) is 23.2 Å². The number of nitrogens with two attached hydrogens (primary N) is 1. The Morgan fingerprint density at radius 3 is 2.65 bits per heavy atom. The molecule has 1 atom stereocenters. The van der Waals surface area contributed by atoms with Gasteiger partial charge in [-0.25, -0.2) is 4.39 Å². The van der Waals surface area contributed by atoms with Crippen molar-refractivity contribution in [1.82, 2.24) is 0 Å². The first-order valence-electron chi connectivity index (χ1n) is 6.20. The molecule has 0 radical (unpaired) electrons. The van der Waals surface area contributed by atoms with Gasteiger partial charge in [0.1, 0.15) is 5.82 Å². The molecule has 20 heavy (non-hydrogen) atoms. The number of rotatable bonds is 2. The third-order valence-electron chi connectivity index (χ3n) is 3.43. The number of carbonyl (C=O) groups excluding carboxylic acids is 1. The summed E-state index contributed by atoms with van der Waals surface area (Å²) in [7, 11) is 0. The van der Waals surface area contributed by atoms with Gasteiger partial charge in [-0.3, -0.25) is 4.79 Å². The molecular formula is C13H14F4N2O. The Kier molecular flexibility index (Phi) is 3.87. The number of amides is 1. The number of piperidine rings is 1. The number of benzene rings is 1. The fourth-order valence-corrected chi connectivity index (χ4v) is 2.48. The van der Waals surface area contributed by atoms with E-state index in [2.05, 4.69) is 0 Å². The first-order valence-corrected chi connectivity index (χ1v) is 6.20. The van der Waals surface area contributed by atoms with Crippen LogP contribution in [0.1, 0.15) is 18.4 Å². The first kappa shape index (κ1) is 14.6. The van der Waals surface area contributed by atoms with Crippen molar-refractivity contribution in [1.29, 1.82) is 0 Å². The lowest BCUT2D eigenvalue weighted by Crippen LogP contribution is -2.42. The average Bonchev–Trinajstić information content (AvgIpc) is 2.37. The Balaban J connectivity index is 2.39. The zero-order valence-corrected chi connectivity index (χ0v) is 10.6. The number of hydrogen-bond acceptors (Lipinski definition) is 2. The lowest BCUT2D eigenvalue weighted by molar-refractivity contribution is -0.137. The second-order valence-electron chi connectivity index (χ2n) is 4.82. The van der Waals surface area contributed by atoms with Gasteiger partial charge in [-0.15, -0.1) is 0 Å². The number of carbonyl (C=O) groups is 1. The second-order valence-corrected chi connectivity index (χ2v) is 4.82. The molecule has 0 aromatic heterocycles. The minimum atomic E-state index is -4.64. The third-order valence-corrected chi connectivity index (χ3v) is 3.43. The van der Waals surface area contributed by atoms with Crippen LogP contribution in [-0.2, 0) is 11.0 Å². The van der Waals surface area contributed by atoms with Gasteiger partial charge in [0.15, 0.2) is 0 Å². The summed E-state index contributed by atoms with van der Waals surface area (Å²) in [5, 5.41) is 0. The highest BCUT2D eigenvalue weighted by Crippen LogP contribution is 2.39. The van der Waals surface area contributed by atoms with Gasteiger partial charge >= 0.3 is 6.18 Å². The molecule has 1 heterocycles. The maximum absolute atomic E-state index is 13.8. The van der Waals surface area contributed by atoms with E-state index in [0.29, 0.717) is 12.8 Å². The molecule has 110 valence electrons. The van der Waals surface area contributed by atoms with Gasteiger partial charge in [0.25, 0.3) is 0 Å². The van der Waals surface area contributed by atoms with Gasteiger partial charge in [-0.05, 0) is 25.0 Å². The molecule has 1 aromatic carbocycles. The van der Waals surface area contributed by atoms with Crippen molar-refractivity contribution in [2.24, 2.45) is 11.7 Å². The third kappa shape index (κ3) is 2.86. The molecule has 1 aromatic rings.